The highest BCUT2D eigenvalue weighted by atomic mass is 16.5. The summed E-state index contributed by atoms with van der Waals surface area (Å²) in [5.41, 5.74) is 1.35. The van der Waals surface area contributed by atoms with Gasteiger partial charge in [0.25, 0.3) is 0 Å². The highest BCUT2D eigenvalue weighted by Gasteiger charge is 2.77. The summed E-state index contributed by atoms with van der Waals surface area (Å²) in [4.78, 5) is 25.5. The van der Waals surface area contributed by atoms with Gasteiger partial charge < -0.3 is 4.74 Å². The first-order valence-corrected chi connectivity index (χ1v) is 7.94. The number of carbonyl (C=O) groups excluding carboxylic acids is 2. The normalized spacial score (nSPS) is 35.0. The van der Waals surface area contributed by atoms with Crippen molar-refractivity contribution in [2.45, 2.75) is 26.2 Å². The standard InChI is InChI=1S/C19H22O3/c1-4-7-13-9-12-10-14(8-5-2)17-16(13)19(17,15(20)11-12)18(21)22-6-3/h4-5,9-10,12,16-17H,1-2,6-8,11H2,3H3/t12?,16-,17+,19?. The summed E-state index contributed by atoms with van der Waals surface area (Å²) in [6.45, 7) is 9.71. The van der Waals surface area contributed by atoms with E-state index >= 15 is 0 Å². The van der Waals surface area contributed by atoms with Crippen molar-refractivity contribution in [2.75, 3.05) is 6.61 Å². The Morgan fingerprint density at radius 2 is 1.82 bits per heavy atom. The highest BCUT2D eigenvalue weighted by molar-refractivity contribution is 6.10. The number of ether oxygens (including phenoxy) is 1. The first-order chi connectivity index (χ1) is 10.6. The molecule has 3 nitrogen and oxygen atoms in total. The fourth-order valence-electron chi connectivity index (χ4n) is 4.40. The topological polar surface area (TPSA) is 43.4 Å². The molecule has 4 atom stereocenters. The van der Waals surface area contributed by atoms with Gasteiger partial charge in [-0.25, -0.2) is 0 Å². The minimum atomic E-state index is -0.981. The molecule has 4 rings (SSSR count). The molecular weight excluding hydrogens is 276 g/mol. The maximum atomic E-state index is 12.8. The van der Waals surface area contributed by atoms with Crippen molar-refractivity contribution in [3.05, 3.63) is 48.6 Å². The van der Waals surface area contributed by atoms with Gasteiger partial charge in [-0.1, -0.05) is 35.5 Å². The monoisotopic (exact) mass is 298 g/mol. The van der Waals surface area contributed by atoms with Gasteiger partial charge in [-0.3, -0.25) is 9.59 Å². The second-order valence-electron chi connectivity index (χ2n) is 6.30. The zero-order chi connectivity index (χ0) is 15.9. The molecule has 0 N–H and O–H groups in total. The zero-order valence-electron chi connectivity index (χ0n) is 13.0. The maximum absolute atomic E-state index is 12.8. The maximum Gasteiger partial charge on any atom is 0.320 e. The molecule has 4 aliphatic rings. The van der Waals surface area contributed by atoms with Gasteiger partial charge in [0.15, 0.2) is 5.78 Å². The lowest BCUT2D eigenvalue weighted by Crippen LogP contribution is -2.31. The molecule has 0 heterocycles. The Hall–Kier alpha value is -1.90. The minimum Gasteiger partial charge on any atom is -0.465 e. The molecule has 116 valence electrons. The van der Waals surface area contributed by atoms with Gasteiger partial charge in [0.2, 0.25) is 0 Å². The van der Waals surface area contributed by atoms with Crippen LogP contribution in [-0.4, -0.2) is 18.4 Å². The van der Waals surface area contributed by atoms with Crippen molar-refractivity contribution < 1.29 is 14.3 Å². The molecule has 0 aromatic carbocycles. The summed E-state index contributed by atoms with van der Waals surface area (Å²) >= 11 is 0. The first-order valence-electron chi connectivity index (χ1n) is 7.94. The van der Waals surface area contributed by atoms with Crippen LogP contribution in [0.4, 0.5) is 0 Å². The smallest absolute Gasteiger partial charge is 0.320 e. The second kappa shape index (κ2) is 5.38. The fourth-order valence-corrected chi connectivity index (χ4v) is 4.40. The Balaban J connectivity index is 2.09. The molecule has 0 aromatic rings. The Kier molecular flexibility index (Phi) is 3.67. The van der Waals surface area contributed by atoms with Gasteiger partial charge in [0.05, 0.1) is 6.61 Å². The summed E-state index contributed by atoms with van der Waals surface area (Å²) in [7, 11) is 0. The molecule has 1 fully saturated rings. The summed E-state index contributed by atoms with van der Waals surface area (Å²) in [6, 6.07) is 0. The largest absolute Gasteiger partial charge is 0.465 e. The molecule has 3 heteroatoms. The van der Waals surface area contributed by atoms with Crippen molar-refractivity contribution in [1.82, 2.24) is 0 Å². The summed E-state index contributed by atoms with van der Waals surface area (Å²) < 4.78 is 5.29. The van der Waals surface area contributed by atoms with Gasteiger partial charge in [-0.15, -0.1) is 13.2 Å². The Labute approximate surface area is 131 Å². The molecule has 0 aliphatic heterocycles. The molecule has 0 spiro atoms. The van der Waals surface area contributed by atoms with E-state index in [9.17, 15) is 9.59 Å². The molecule has 4 bridgehead atoms. The number of esters is 1. The summed E-state index contributed by atoms with van der Waals surface area (Å²) in [5, 5.41) is 0. The number of Topliss-reactive ketones (excluding diaryl/α,β-unsaturated/α-hetero) is 1. The van der Waals surface area contributed by atoms with Crippen molar-refractivity contribution in [3.63, 3.8) is 0 Å². The van der Waals surface area contributed by atoms with Crippen molar-refractivity contribution in [2.24, 2.45) is 23.2 Å². The van der Waals surface area contributed by atoms with E-state index in [0.717, 1.165) is 12.8 Å². The van der Waals surface area contributed by atoms with Crippen LogP contribution in [0.3, 0.4) is 0 Å². The molecule has 4 aliphatic carbocycles. The summed E-state index contributed by atoms with van der Waals surface area (Å²) in [5.74, 6) is -0.311. The van der Waals surface area contributed by atoms with Crippen LogP contribution in [0, 0.1) is 23.2 Å². The van der Waals surface area contributed by atoms with Gasteiger partial charge >= 0.3 is 5.97 Å². The predicted molar refractivity (Wildman–Crippen MR) is 85.0 cm³/mol. The van der Waals surface area contributed by atoms with Gasteiger partial charge in [0.1, 0.15) is 5.41 Å². The van der Waals surface area contributed by atoms with E-state index in [0.29, 0.717) is 13.0 Å². The molecular formula is C19H22O3. The number of allylic oxidation sites excluding steroid dienone is 6. The quantitative estimate of drug-likeness (QED) is 0.429. The van der Waals surface area contributed by atoms with Crippen LogP contribution in [0.1, 0.15) is 26.2 Å². The average Bonchev–Trinajstić information content (AvgIpc) is 3.20. The van der Waals surface area contributed by atoms with Gasteiger partial charge in [0, 0.05) is 24.2 Å². The Morgan fingerprint density at radius 1 is 1.27 bits per heavy atom. The summed E-state index contributed by atoms with van der Waals surface area (Å²) in [6.07, 6.45) is 9.88. The van der Waals surface area contributed by atoms with Crippen molar-refractivity contribution in [3.8, 4) is 0 Å². The Bertz CT molecular complexity index is 574. The van der Waals surface area contributed by atoms with E-state index in [1.165, 1.54) is 11.1 Å². The highest BCUT2D eigenvalue weighted by Crippen LogP contribution is 2.70. The van der Waals surface area contributed by atoms with E-state index in [2.05, 4.69) is 25.3 Å². The van der Waals surface area contributed by atoms with E-state index in [-0.39, 0.29) is 29.5 Å². The van der Waals surface area contributed by atoms with Crippen LogP contribution in [0.5, 0.6) is 0 Å². The van der Waals surface area contributed by atoms with E-state index in [4.69, 9.17) is 4.74 Å². The van der Waals surface area contributed by atoms with Crippen molar-refractivity contribution in [1.29, 1.82) is 0 Å². The molecule has 0 amide bonds. The van der Waals surface area contributed by atoms with Crippen LogP contribution < -0.4 is 0 Å². The molecule has 0 saturated heterocycles. The number of rotatable bonds is 6. The predicted octanol–water partition coefficient (Wildman–Crippen LogP) is 3.39. The van der Waals surface area contributed by atoms with Crippen LogP contribution in [0.25, 0.3) is 0 Å². The van der Waals surface area contributed by atoms with Gasteiger partial charge in [-0.05, 0) is 19.8 Å². The number of ketones is 1. The third-order valence-corrected chi connectivity index (χ3v) is 5.12. The fraction of sp³-hybridized carbons (Fsp3) is 0.474. The molecule has 0 aromatic heterocycles. The van der Waals surface area contributed by atoms with Crippen LogP contribution in [0.2, 0.25) is 0 Å². The van der Waals surface area contributed by atoms with E-state index in [1.54, 1.807) is 6.92 Å². The molecule has 0 radical (unpaired) electrons. The SMILES string of the molecule is C=CCC1=CC2C=C(CC=C)[C@H]3[C@@H]1C3(C(=O)OCC)C(=O)C2. The Morgan fingerprint density at radius 3 is 2.27 bits per heavy atom. The van der Waals surface area contributed by atoms with Crippen molar-refractivity contribution >= 4 is 11.8 Å². The lowest BCUT2D eigenvalue weighted by atomic mass is 9.92. The number of hydrogen-bond donors (Lipinski definition) is 0. The lowest BCUT2D eigenvalue weighted by molar-refractivity contribution is -0.154. The number of fused-ring (bicyclic) bond motifs is 1. The zero-order valence-corrected chi connectivity index (χ0v) is 13.0. The molecule has 2 unspecified atom stereocenters. The third-order valence-electron chi connectivity index (χ3n) is 5.12. The average molecular weight is 298 g/mol. The van der Waals surface area contributed by atoms with Crippen LogP contribution >= 0.6 is 0 Å². The third kappa shape index (κ3) is 1.88. The van der Waals surface area contributed by atoms with Gasteiger partial charge in [-0.2, -0.15) is 0 Å². The van der Waals surface area contributed by atoms with E-state index in [1.807, 2.05) is 12.2 Å². The van der Waals surface area contributed by atoms with E-state index < -0.39 is 5.41 Å². The second-order valence-corrected chi connectivity index (χ2v) is 6.30. The first kappa shape index (κ1) is 15.0. The minimum absolute atomic E-state index is 0.0385. The number of carbonyl (C=O) groups is 2. The number of hydrogen-bond acceptors (Lipinski definition) is 3. The molecule has 22 heavy (non-hydrogen) atoms. The van der Waals surface area contributed by atoms with Crippen LogP contribution in [-0.2, 0) is 14.3 Å². The van der Waals surface area contributed by atoms with Crippen LogP contribution in [0.15, 0.2) is 48.6 Å². The molecule has 1 saturated carbocycles. The lowest BCUT2D eigenvalue weighted by Gasteiger charge is -2.14.